The van der Waals surface area contributed by atoms with Gasteiger partial charge in [-0.25, -0.2) is 9.97 Å². The van der Waals surface area contributed by atoms with Gasteiger partial charge in [0.1, 0.15) is 23.9 Å². The van der Waals surface area contributed by atoms with E-state index in [0.29, 0.717) is 23.3 Å². The van der Waals surface area contributed by atoms with Crippen LogP contribution >= 0.6 is 0 Å². The van der Waals surface area contributed by atoms with E-state index in [9.17, 15) is 18.4 Å². The lowest BCUT2D eigenvalue weighted by molar-refractivity contribution is -0.127. The van der Waals surface area contributed by atoms with Gasteiger partial charge in [-0.1, -0.05) is 24.3 Å². The van der Waals surface area contributed by atoms with E-state index < -0.39 is 12.6 Å². The topological polar surface area (TPSA) is 61.0 Å². The molecule has 2 aliphatic rings. The quantitative estimate of drug-likeness (QED) is 0.397. The van der Waals surface area contributed by atoms with Gasteiger partial charge in [0, 0.05) is 42.4 Å². The molecule has 0 N–H and O–H groups in total. The minimum absolute atomic E-state index is 0.189. The summed E-state index contributed by atoms with van der Waals surface area (Å²) in [7, 11) is 0. The summed E-state index contributed by atoms with van der Waals surface area (Å²) >= 11 is 0. The minimum atomic E-state index is -4.25. The Bertz CT molecular complexity index is 1470. The van der Waals surface area contributed by atoms with Crippen LogP contribution in [0.25, 0.3) is 21.8 Å². The highest BCUT2D eigenvalue weighted by Gasteiger charge is 2.45. The molecular weight excluding hydrogens is 465 g/mol. The van der Waals surface area contributed by atoms with Crippen LogP contribution in [0.2, 0.25) is 0 Å². The van der Waals surface area contributed by atoms with Gasteiger partial charge < -0.3 is 9.47 Å². The second-order valence-corrected chi connectivity index (χ2v) is 10.1. The van der Waals surface area contributed by atoms with Gasteiger partial charge in [0.05, 0.1) is 24.1 Å². The Morgan fingerprint density at radius 2 is 1.78 bits per heavy atom. The van der Waals surface area contributed by atoms with Crippen LogP contribution in [0.5, 0.6) is 0 Å². The maximum Gasteiger partial charge on any atom is 0.393 e. The number of aromatic nitrogens is 3. The standard InChI is InChI=1S/C27H25F3N6/c28-27(29,30)13-19-5-6-23-22(11-19)25(33-17-32-23)35-15-26(16-35)7-9-34(10-8-26)18-36-21(14-31)12-20-3-1-2-4-24(20)36/h1-6,11-12,17H,7-10,13,15-16,18H2. The molecule has 36 heavy (non-hydrogen) atoms. The Hall–Kier alpha value is -3.64. The molecule has 0 aliphatic carbocycles. The lowest BCUT2D eigenvalue weighted by Crippen LogP contribution is -2.60. The molecule has 0 saturated carbocycles. The first-order valence-corrected chi connectivity index (χ1v) is 12.1. The number of piperidine rings is 1. The van der Waals surface area contributed by atoms with Gasteiger partial charge in [0.25, 0.3) is 0 Å². The predicted molar refractivity (Wildman–Crippen MR) is 131 cm³/mol. The zero-order chi connectivity index (χ0) is 24.9. The molecule has 6 nitrogen and oxygen atoms in total. The summed E-state index contributed by atoms with van der Waals surface area (Å²) < 4.78 is 40.9. The number of anilines is 1. The Kier molecular flexibility index (Phi) is 5.38. The van der Waals surface area contributed by atoms with Crippen LogP contribution in [0.3, 0.4) is 0 Å². The number of hydrogen-bond acceptors (Lipinski definition) is 5. The predicted octanol–water partition coefficient (Wildman–Crippen LogP) is 5.12. The minimum Gasteiger partial charge on any atom is -0.355 e. The number of halogens is 3. The summed E-state index contributed by atoms with van der Waals surface area (Å²) in [4.78, 5) is 13.3. The summed E-state index contributed by atoms with van der Waals surface area (Å²) in [5.74, 6) is 0.717. The van der Waals surface area contributed by atoms with E-state index in [0.717, 1.165) is 55.7 Å². The van der Waals surface area contributed by atoms with Gasteiger partial charge in [-0.2, -0.15) is 18.4 Å². The van der Waals surface area contributed by atoms with Crippen molar-refractivity contribution in [3.05, 3.63) is 66.1 Å². The van der Waals surface area contributed by atoms with Crippen molar-refractivity contribution in [3.63, 3.8) is 0 Å². The zero-order valence-electron chi connectivity index (χ0n) is 19.7. The van der Waals surface area contributed by atoms with Gasteiger partial charge >= 0.3 is 6.18 Å². The third-order valence-electron chi connectivity index (χ3n) is 7.62. The summed E-state index contributed by atoms with van der Waals surface area (Å²) in [5, 5.41) is 11.4. The van der Waals surface area contributed by atoms with E-state index in [1.165, 1.54) is 12.4 Å². The smallest absolute Gasteiger partial charge is 0.355 e. The molecular formula is C27H25F3N6. The Labute approximate surface area is 206 Å². The van der Waals surface area contributed by atoms with E-state index in [1.54, 1.807) is 12.1 Å². The first-order chi connectivity index (χ1) is 17.3. The lowest BCUT2D eigenvalue weighted by Gasteiger charge is -2.54. The van der Waals surface area contributed by atoms with Gasteiger partial charge in [0.2, 0.25) is 0 Å². The third-order valence-corrected chi connectivity index (χ3v) is 7.62. The molecule has 2 fully saturated rings. The van der Waals surface area contributed by atoms with Crippen LogP contribution in [0.4, 0.5) is 19.0 Å². The van der Waals surface area contributed by atoms with Crippen LogP contribution in [0, 0.1) is 16.7 Å². The first-order valence-electron chi connectivity index (χ1n) is 12.1. The molecule has 0 radical (unpaired) electrons. The monoisotopic (exact) mass is 490 g/mol. The molecule has 2 aromatic carbocycles. The van der Waals surface area contributed by atoms with Crippen LogP contribution in [0.15, 0.2) is 54.9 Å². The van der Waals surface area contributed by atoms with Crippen molar-refractivity contribution >= 4 is 27.6 Å². The molecule has 0 atom stereocenters. The highest BCUT2D eigenvalue weighted by molar-refractivity contribution is 5.90. The van der Waals surface area contributed by atoms with Crippen molar-refractivity contribution in [2.24, 2.45) is 5.41 Å². The van der Waals surface area contributed by atoms with Crippen molar-refractivity contribution < 1.29 is 13.2 Å². The number of rotatable bonds is 4. The van der Waals surface area contributed by atoms with Crippen molar-refractivity contribution in [1.82, 2.24) is 19.4 Å². The Morgan fingerprint density at radius 3 is 2.53 bits per heavy atom. The summed E-state index contributed by atoms with van der Waals surface area (Å²) in [5.41, 5.74) is 2.82. The first kappa shape index (κ1) is 22.8. The molecule has 184 valence electrons. The van der Waals surface area contributed by atoms with E-state index in [2.05, 4.69) is 36.5 Å². The van der Waals surface area contributed by atoms with Gasteiger partial charge in [-0.15, -0.1) is 0 Å². The number of nitrogens with zero attached hydrogens (tertiary/aromatic N) is 6. The molecule has 2 aliphatic heterocycles. The number of likely N-dealkylation sites (tertiary alicyclic amines) is 1. The lowest BCUT2D eigenvalue weighted by atomic mass is 9.72. The fourth-order valence-corrected chi connectivity index (χ4v) is 5.74. The van der Waals surface area contributed by atoms with Crippen molar-refractivity contribution in [2.75, 3.05) is 31.1 Å². The van der Waals surface area contributed by atoms with Crippen LogP contribution < -0.4 is 4.90 Å². The zero-order valence-corrected chi connectivity index (χ0v) is 19.7. The molecule has 4 aromatic rings. The molecule has 0 amide bonds. The number of hydrogen-bond donors (Lipinski definition) is 0. The van der Waals surface area contributed by atoms with E-state index in [-0.39, 0.29) is 11.0 Å². The number of benzene rings is 2. The Morgan fingerprint density at radius 1 is 1.00 bits per heavy atom. The van der Waals surface area contributed by atoms with E-state index in [1.807, 2.05) is 24.3 Å². The van der Waals surface area contributed by atoms with Crippen molar-refractivity contribution in [1.29, 1.82) is 5.26 Å². The maximum atomic E-state index is 12.9. The number of fused-ring (bicyclic) bond motifs is 2. The van der Waals surface area contributed by atoms with Crippen LogP contribution in [0.1, 0.15) is 24.1 Å². The van der Waals surface area contributed by atoms with E-state index >= 15 is 0 Å². The molecule has 4 heterocycles. The number of para-hydroxylation sites is 1. The summed E-state index contributed by atoms with van der Waals surface area (Å²) in [6.07, 6.45) is -1.65. The summed E-state index contributed by atoms with van der Waals surface area (Å²) in [6.45, 7) is 4.24. The fourth-order valence-electron chi connectivity index (χ4n) is 5.74. The van der Waals surface area contributed by atoms with Crippen LogP contribution in [-0.2, 0) is 13.1 Å². The summed E-state index contributed by atoms with van der Waals surface area (Å²) in [6, 6.07) is 17.1. The fraction of sp³-hybridized carbons (Fsp3) is 0.370. The average Bonchev–Trinajstić information content (AvgIpc) is 3.19. The normalized spacial score (nSPS) is 18.0. The van der Waals surface area contributed by atoms with Crippen molar-refractivity contribution in [3.8, 4) is 6.07 Å². The maximum absolute atomic E-state index is 12.9. The molecule has 9 heteroatoms. The van der Waals surface area contributed by atoms with E-state index in [4.69, 9.17) is 0 Å². The molecule has 6 rings (SSSR count). The van der Waals surface area contributed by atoms with Crippen LogP contribution in [-0.4, -0.2) is 51.8 Å². The second kappa shape index (κ2) is 8.49. The van der Waals surface area contributed by atoms with Gasteiger partial charge in [-0.05, 0) is 42.7 Å². The highest BCUT2D eigenvalue weighted by atomic mass is 19.4. The Balaban J connectivity index is 1.14. The van der Waals surface area contributed by atoms with Crippen molar-refractivity contribution in [2.45, 2.75) is 32.1 Å². The largest absolute Gasteiger partial charge is 0.393 e. The number of alkyl halides is 3. The number of nitriles is 1. The molecule has 2 aromatic heterocycles. The molecule has 0 unspecified atom stereocenters. The SMILES string of the molecule is N#Cc1cc2ccccc2n1CN1CCC2(CC1)CN(c1ncnc3ccc(CC(F)(F)F)cc13)C2. The molecule has 1 spiro atoms. The highest BCUT2D eigenvalue weighted by Crippen LogP contribution is 2.43. The van der Waals surface area contributed by atoms with Gasteiger partial charge in [-0.3, -0.25) is 4.90 Å². The molecule has 2 saturated heterocycles. The average molecular weight is 491 g/mol. The van der Waals surface area contributed by atoms with Gasteiger partial charge in [0.15, 0.2) is 0 Å². The molecule has 0 bridgehead atoms. The third kappa shape index (κ3) is 4.16. The second-order valence-electron chi connectivity index (χ2n) is 10.1.